The summed E-state index contributed by atoms with van der Waals surface area (Å²) in [5.41, 5.74) is 12.0. The van der Waals surface area contributed by atoms with E-state index in [9.17, 15) is 14.4 Å². The van der Waals surface area contributed by atoms with E-state index in [1.165, 1.54) is 6.08 Å². The molecule has 0 aromatic heterocycles. The highest BCUT2D eigenvalue weighted by Crippen LogP contribution is 2.42. The second-order valence-electron chi connectivity index (χ2n) is 11.7. The number of aliphatic hydroxyl groups is 1. The summed E-state index contributed by atoms with van der Waals surface area (Å²) in [6.45, 7) is 12.3. The highest BCUT2D eigenvalue weighted by Gasteiger charge is 2.33. The number of carbonyl (C=O) groups excluding carboxylic acids is 3. The van der Waals surface area contributed by atoms with Crippen LogP contribution in [-0.2, 0) is 19.1 Å². The fraction of sp³-hybridized carbons (Fsp3) is 0.447. The number of nitrogens with zero attached hydrogens (tertiary/aromatic N) is 1. The van der Waals surface area contributed by atoms with Gasteiger partial charge in [-0.05, 0) is 94.0 Å². The Labute approximate surface area is 295 Å². The zero-order valence-electron chi connectivity index (χ0n) is 29.1. The lowest BCUT2D eigenvalue weighted by molar-refractivity contribution is -0.137. The summed E-state index contributed by atoms with van der Waals surface area (Å²) in [6.07, 6.45) is 11.8. The molecule has 1 amide bonds. The molecule has 264 valence electrons. The maximum Gasteiger partial charge on any atom is 0.331 e. The van der Waals surface area contributed by atoms with Crippen molar-refractivity contribution in [2.75, 3.05) is 23.8 Å². The van der Waals surface area contributed by atoms with Crippen LogP contribution < -0.4 is 10.6 Å². The maximum atomic E-state index is 12.4. The molecule has 2 atom stereocenters. The number of carbonyl (C=O) groups is 3. The molecule has 1 fully saturated rings. The fourth-order valence-corrected chi connectivity index (χ4v) is 6.07. The summed E-state index contributed by atoms with van der Waals surface area (Å²) < 4.78 is 4.79. The largest absolute Gasteiger partial charge is 0.463 e. The Morgan fingerprint density at radius 2 is 1.58 bits per heavy atom. The first-order chi connectivity index (χ1) is 22.4. The number of hydrogen-bond donors (Lipinski definition) is 2. The van der Waals surface area contributed by atoms with Crippen molar-refractivity contribution in [3.63, 3.8) is 0 Å². The molecular formula is C38H52Cl2N2O6. The van der Waals surface area contributed by atoms with E-state index < -0.39 is 5.97 Å². The molecule has 2 unspecified atom stereocenters. The third-order valence-electron chi connectivity index (χ3n) is 8.30. The Morgan fingerprint density at radius 3 is 2.12 bits per heavy atom. The first-order valence-electron chi connectivity index (χ1n) is 16.4. The van der Waals surface area contributed by atoms with Crippen molar-refractivity contribution >= 4 is 52.2 Å². The number of esters is 1. The number of anilines is 2. The molecule has 48 heavy (non-hydrogen) atoms. The van der Waals surface area contributed by atoms with E-state index in [0.717, 1.165) is 66.6 Å². The lowest BCUT2D eigenvalue weighted by atomic mass is 9.83. The van der Waals surface area contributed by atoms with Crippen LogP contribution in [0.1, 0.15) is 83.8 Å². The van der Waals surface area contributed by atoms with Crippen molar-refractivity contribution in [3.8, 4) is 0 Å². The summed E-state index contributed by atoms with van der Waals surface area (Å²) in [7, 11) is 0. The van der Waals surface area contributed by atoms with Crippen LogP contribution in [0.15, 0.2) is 71.5 Å². The van der Waals surface area contributed by atoms with Gasteiger partial charge in [-0.15, -0.1) is 0 Å². The van der Waals surface area contributed by atoms with Gasteiger partial charge in [0.1, 0.15) is 0 Å². The molecule has 3 aliphatic rings. The lowest BCUT2D eigenvalue weighted by Gasteiger charge is -2.27. The zero-order chi connectivity index (χ0) is 35.1. The molecule has 2 aromatic rings. The second-order valence-corrected chi connectivity index (χ2v) is 12.5. The van der Waals surface area contributed by atoms with Gasteiger partial charge in [0.25, 0.3) is 5.91 Å². The molecule has 1 saturated carbocycles. The maximum absolute atomic E-state index is 12.4. The normalized spacial score (nSPS) is 18.8. The molecule has 0 radical (unpaired) electrons. The van der Waals surface area contributed by atoms with Crippen LogP contribution in [0.3, 0.4) is 0 Å². The van der Waals surface area contributed by atoms with Crippen LogP contribution in [0.2, 0.25) is 10.0 Å². The van der Waals surface area contributed by atoms with E-state index in [4.69, 9.17) is 38.8 Å². The minimum atomic E-state index is -0.391. The average molecular weight is 704 g/mol. The Bertz CT molecular complexity index is 1440. The number of halogens is 2. The van der Waals surface area contributed by atoms with Crippen LogP contribution in [0.5, 0.6) is 0 Å². The van der Waals surface area contributed by atoms with E-state index in [0.29, 0.717) is 46.2 Å². The first kappa shape index (κ1) is 42.6. The Hall–Kier alpha value is -3.43. The third kappa shape index (κ3) is 12.2. The molecule has 2 aromatic carbocycles. The summed E-state index contributed by atoms with van der Waals surface area (Å²) in [5, 5.41) is 8.83. The van der Waals surface area contributed by atoms with Crippen molar-refractivity contribution in [2.45, 2.75) is 86.5 Å². The number of hydrogen-bond acceptors (Lipinski definition) is 6. The fourth-order valence-electron chi connectivity index (χ4n) is 5.54. The van der Waals surface area contributed by atoms with Gasteiger partial charge in [0.05, 0.1) is 28.0 Å². The molecule has 8 nitrogen and oxygen atoms in total. The second kappa shape index (κ2) is 21.5. The summed E-state index contributed by atoms with van der Waals surface area (Å²) in [4.78, 5) is 36.9. The number of allylic oxidation sites excluding steroid dienone is 3. The van der Waals surface area contributed by atoms with Crippen LogP contribution in [-0.4, -0.2) is 41.5 Å². The van der Waals surface area contributed by atoms with Gasteiger partial charge < -0.3 is 21.1 Å². The minimum absolute atomic E-state index is 0. The molecular weight excluding hydrogens is 651 g/mol. The summed E-state index contributed by atoms with van der Waals surface area (Å²) in [6, 6.07) is 11.3. The molecule has 10 heteroatoms. The molecule has 1 heterocycles. The smallest absolute Gasteiger partial charge is 0.331 e. The van der Waals surface area contributed by atoms with E-state index in [1.54, 1.807) is 30.9 Å². The van der Waals surface area contributed by atoms with Gasteiger partial charge >= 0.3 is 5.97 Å². The predicted octanol–water partition coefficient (Wildman–Crippen LogP) is 8.28. The topological polar surface area (TPSA) is 141 Å². The van der Waals surface area contributed by atoms with E-state index in [2.05, 4.69) is 19.9 Å². The molecule has 0 bridgehead atoms. The highest BCUT2D eigenvalue weighted by molar-refractivity contribution is 6.34. The zero-order valence-corrected chi connectivity index (χ0v) is 30.6. The predicted molar refractivity (Wildman–Crippen MR) is 197 cm³/mol. The van der Waals surface area contributed by atoms with Crippen molar-refractivity contribution in [1.29, 1.82) is 0 Å². The number of Topliss-reactive ketones (excluding diaryl/α,β-unsaturated/α-hetero) is 1. The first-order valence-corrected chi connectivity index (χ1v) is 17.2. The van der Waals surface area contributed by atoms with Gasteiger partial charge in [0.15, 0.2) is 5.78 Å². The number of aryl methyl sites for hydroxylation is 2. The van der Waals surface area contributed by atoms with Gasteiger partial charge in [-0.3, -0.25) is 14.5 Å². The third-order valence-corrected chi connectivity index (χ3v) is 8.94. The number of benzene rings is 2. The van der Waals surface area contributed by atoms with E-state index in [1.807, 2.05) is 44.2 Å². The minimum Gasteiger partial charge on any atom is -0.463 e. The summed E-state index contributed by atoms with van der Waals surface area (Å²) >= 11 is 12.0. The van der Waals surface area contributed by atoms with Gasteiger partial charge in [0, 0.05) is 36.4 Å². The quantitative estimate of drug-likeness (QED) is 0.182. The van der Waals surface area contributed by atoms with Gasteiger partial charge in [-0.1, -0.05) is 80.2 Å². The number of ether oxygens (including phenoxy) is 1. The summed E-state index contributed by atoms with van der Waals surface area (Å²) in [5.74, 6) is 0.943. The Morgan fingerprint density at radius 1 is 0.979 bits per heavy atom. The molecule has 5 N–H and O–H groups in total. The number of para-hydroxylation sites is 2. The van der Waals surface area contributed by atoms with Gasteiger partial charge in [-0.2, -0.15) is 0 Å². The monoisotopic (exact) mass is 702 g/mol. The van der Waals surface area contributed by atoms with Crippen LogP contribution in [0, 0.1) is 25.7 Å². The van der Waals surface area contributed by atoms with Crippen molar-refractivity contribution < 1.29 is 29.7 Å². The SMILES string of the molecule is CCC1CC=C2C(=CC(=O)N2c2c(C)cccc2Cl)C1.CCO.CCOC(=O)C=C1CC(CC)CCC1=O.Cc1cccc(Cl)c1N.O. The number of ketones is 1. The van der Waals surface area contributed by atoms with Crippen LogP contribution in [0.25, 0.3) is 0 Å². The number of amides is 1. The number of rotatable bonds is 5. The van der Waals surface area contributed by atoms with Crippen molar-refractivity contribution in [2.24, 2.45) is 11.8 Å². The van der Waals surface area contributed by atoms with Crippen molar-refractivity contribution in [3.05, 3.63) is 92.6 Å². The van der Waals surface area contributed by atoms with E-state index >= 15 is 0 Å². The molecule has 0 spiro atoms. The Balaban J connectivity index is 0.000000364. The molecule has 2 aliphatic carbocycles. The number of nitrogens with two attached hydrogens (primary N) is 1. The lowest BCUT2D eigenvalue weighted by Crippen LogP contribution is -2.26. The molecule has 5 rings (SSSR count). The molecule has 0 saturated heterocycles. The number of fused-ring (bicyclic) bond motifs is 1. The van der Waals surface area contributed by atoms with Gasteiger partial charge in [0.2, 0.25) is 0 Å². The standard InChI is InChI=1S/C17H18ClNO.C12H18O3.C7H8ClN.C2H6O.H2O/c1-3-12-7-8-15-13(9-12)10-16(20)19(15)17-11(2)5-4-6-14(17)18;1-3-9-5-6-11(13)10(7-9)8-12(14)15-4-2;1-5-3-2-4-6(8)7(5)9;1-2-3;/h4-6,8,10,12H,3,7,9H2,1-2H3;8-9H,3-7H2,1-2H3;2-4H,9H2,1H3;3H,2H2,1H3;1H2. The van der Waals surface area contributed by atoms with Crippen LogP contribution >= 0.6 is 23.2 Å². The van der Waals surface area contributed by atoms with Gasteiger partial charge in [-0.25, -0.2) is 4.79 Å². The van der Waals surface area contributed by atoms with Crippen LogP contribution in [0.4, 0.5) is 11.4 Å². The van der Waals surface area contributed by atoms with E-state index in [-0.39, 0.29) is 23.8 Å². The number of nitrogen functional groups attached to an aromatic ring is 1. The number of aliphatic hydroxyl groups excluding tert-OH is 1. The average Bonchev–Trinajstić information content (AvgIpc) is 3.36. The van der Waals surface area contributed by atoms with Crippen molar-refractivity contribution in [1.82, 2.24) is 0 Å². The highest BCUT2D eigenvalue weighted by atomic mass is 35.5. The molecule has 1 aliphatic heterocycles. The Kier molecular flexibility index (Phi) is 19.1.